The predicted octanol–water partition coefficient (Wildman–Crippen LogP) is 0.948. The molecule has 1 amide bonds. The molecule has 6 heteroatoms. The third-order valence-electron chi connectivity index (χ3n) is 7.35. The molecule has 6 nitrogen and oxygen atoms in total. The number of nitrogens with one attached hydrogen (secondary N) is 2. The summed E-state index contributed by atoms with van der Waals surface area (Å²) in [6.45, 7) is 12.9. The third kappa shape index (κ3) is 4.18. The molecule has 30 heavy (non-hydrogen) atoms. The van der Waals surface area contributed by atoms with Gasteiger partial charge in [-0.25, -0.2) is 9.88 Å². The molecule has 1 aliphatic carbocycles. The topological polar surface area (TPSA) is 65.9 Å². The summed E-state index contributed by atoms with van der Waals surface area (Å²) in [6.07, 6.45) is 5.53. The van der Waals surface area contributed by atoms with Gasteiger partial charge in [0.15, 0.2) is 6.54 Å². The standard InChI is InChI=1S/C24H35N5O/c1-17(2)23-20-6-4-5-19(20)21(15-25)24(26-23)29-13-11-27(12-14-29)16-22(30)28-9-7-18(3)8-10-28/h17-18H,4-14,16H2,1-3H3/p+2. The molecule has 0 aromatic carbocycles. The lowest BCUT2D eigenvalue weighted by molar-refractivity contribution is -0.892. The molecule has 0 saturated carbocycles. The summed E-state index contributed by atoms with van der Waals surface area (Å²) in [5.74, 6) is 2.50. The van der Waals surface area contributed by atoms with Gasteiger partial charge in [-0.2, -0.15) is 5.26 Å². The molecule has 1 aromatic heterocycles. The fourth-order valence-electron chi connectivity index (χ4n) is 5.38. The van der Waals surface area contributed by atoms with Crippen molar-refractivity contribution in [1.82, 2.24) is 4.90 Å². The van der Waals surface area contributed by atoms with Crippen LogP contribution in [0.1, 0.15) is 68.3 Å². The van der Waals surface area contributed by atoms with Crippen LogP contribution in [0.25, 0.3) is 0 Å². The molecule has 0 unspecified atom stereocenters. The Morgan fingerprint density at radius 2 is 1.83 bits per heavy atom. The van der Waals surface area contributed by atoms with Crippen LogP contribution in [-0.2, 0) is 17.6 Å². The van der Waals surface area contributed by atoms with E-state index in [1.807, 2.05) is 0 Å². The Bertz CT molecular complexity index is 827. The average molecular weight is 412 g/mol. The summed E-state index contributed by atoms with van der Waals surface area (Å²) in [4.78, 5) is 22.2. The van der Waals surface area contributed by atoms with Crippen LogP contribution in [-0.4, -0.2) is 56.6 Å². The zero-order valence-electron chi connectivity index (χ0n) is 18.9. The monoisotopic (exact) mass is 411 g/mol. The highest BCUT2D eigenvalue weighted by Gasteiger charge is 2.35. The van der Waals surface area contributed by atoms with Crippen LogP contribution in [0.5, 0.6) is 0 Å². The van der Waals surface area contributed by atoms with Crippen LogP contribution in [0.15, 0.2) is 0 Å². The Morgan fingerprint density at radius 1 is 1.17 bits per heavy atom. The fourth-order valence-corrected chi connectivity index (χ4v) is 5.38. The van der Waals surface area contributed by atoms with Gasteiger partial charge in [0.1, 0.15) is 43.5 Å². The van der Waals surface area contributed by atoms with Crippen LogP contribution < -0.4 is 14.8 Å². The fraction of sp³-hybridized carbons (Fsp3) is 0.708. The number of fused-ring (bicyclic) bond motifs is 1. The van der Waals surface area contributed by atoms with E-state index >= 15 is 0 Å². The zero-order valence-corrected chi connectivity index (χ0v) is 18.9. The van der Waals surface area contributed by atoms with Gasteiger partial charge in [0.05, 0.1) is 0 Å². The van der Waals surface area contributed by atoms with Gasteiger partial charge < -0.3 is 9.80 Å². The number of aromatic amines is 1. The van der Waals surface area contributed by atoms with Crippen molar-refractivity contribution >= 4 is 11.7 Å². The molecular weight excluding hydrogens is 374 g/mol. The van der Waals surface area contributed by atoms with Crippen LogP contribution in [0.4, 0.5) is 5.82 Å². The van der Waals surface area contributed by atoms with Gasteiger partial charge in [-0.3, -0.25) is 4.79 Å². The molecule has 162 valence electrons. The zero-order chi connectivity index (χ0) is 21.3. The number of carbonyl (C=O) groups is 1. The molecule has 0 bridgehead atoms. The number of rotatable bonds is 4. The number of aromatic nitrogens is 1. The van der Waals surface area contributed by atoms with E-state index in [1.165, 1.54) is 21.7 Å². The maximum Gasteiger partial charge on any atom is 0.293 e. The van der Waals surface area contributed by atoms with Crippen molar-refractivity contribution in [1.29, 1.82) is 5.26 Å². The first-order valence-corrected chi connectivity index (χ1v) is 11.8. The number of quaternary nitrogens is 1. The van der Waals surface area contributed by atoms with E-state index in [4.69, 9.17) is 0 Å². The summed E-state index contributed by atoms with van der Waals surface area (Å²) in [5.41, 5.74) is 4.82. The molecule has 1 aromatic rings. The number of anilines is 1. The SMILES string of the molecule is CC1CCN(C(=O)C[NH+]2CCN(c3[nH+]c(C(C)C)c4c(c3C#N)CCC4)CC2)CC1. The molecule has 0 spiro atoms. The van der Waals surface area contributed by atoms with E-state index in [9.17, 15) is 10.1 Å². The number of amides is 1. The summed E-state index contributed by atoms with van der Waals surface area (Å²) >= 11 is 0. The van der Waals surface area contributed by atoms with Crippen molar-refractivity contribution in [2.45, 2.75) is 58.8 Å². The van der Waals surface area contributed by atoms with E-state index in [1.54, 1.807) is 0 Å². The molecule has 3 heterocycles. The second-order valence-electron chi connectivity index (χ2n) is 9.82. The smallest absolute Gasteiger partial charge is 0.293 e. The van der Waals surface area contributed by atoms with E-state index in [2.05, 4.69) is 41.6 Å². The maximum atomic E-state index is 12.7. The van der Waals surface area contributed by atoms with Gasteiger partial charge >= 0.3 is 0 Å². The second-order valence-corrected chi connectivity index (χ2v) is 9.82. The molecule has 2 fully saturated rings. The van der Waals surface area contributed by atoms with Crippen LogP contribution in [0.2, 0.25) is 0 Å². The van der Waals surface area contributed by atoms with Crippen molar-refractivity contribution < 1.29 is 14.7 Å². The Balaban J connectivity index is 1.42. The highest BCUT2D eigenvalue weighted by atomic mass is 16.2. The highest BCUT2D eigenvalue weighted by molar-refractivity contribution is 5.77. The summed E-state index contributed by atoms with van der Waals surface area (Å²) in [6, 6.07) is 2.51. The maximum absolute atomic E-state index is 12.7. The molecule has 4 rings (SSSR count). The minimum Gasteiger partial charge on any atom is -0.338 e. The summed E-state index contributed by atoms with van der Waals surface area (Å²) in [5, 5.41) is 9.92. The number of hydrogen-bond donors (Lipinski definition) is 1. The van der Waals surface area contributed by atoms with E-state index in [0.717, 1.165) is 88.7 Å². The van der Waals surface area contributed by atoms with Crippen molar-refractivity contribution in [3.05, 3.63) is 22.4 Å². The lowest BCUT2D eigenvalue weighted by Gasteiger charge is -2.33. The molecule has 0 radical (unpaired) electrons. The Hall–Kier alpha value is -2.13. The molecular formula is C24H37N5O+2. The first-order chi connectivity index (χ1) is 14.5. The minimum atomic E-state index is 0.314. The number of pyridine rings is 1. The Labute approximate surface area is 180 Å². The summed E-state index contributed by atoms with van der Waals surface area (Å²) in [7, 11) is 0. The number of piperidine rings is 1. The van der Waals surface area contributed by atoms with Crippen molar-refractivity contribution in [3.8, 4) is 6.07 Å². The van der Waals surface area contributed by atoms with E-state index < -0.39 is 0 Å². The van der Waals surface area contributed by atoms with Crippen molar-refractivity contribution in [2.75, 3.05) is 50.7 Å². The van der Waals surface area contributed by atoms with Crippen LogP contribution in [0, 0.1) is 17.2 Å². The third-order valence-corrected chi connectivity index (χ3v) is 7.35. The number of nitriles is 1. The Kier molecular flexibility index (Phi) is 6.29. The number of likely N-dealkylation sites (tertiary alicyclic amines) is 1. The van der Waals surface area contributed by atoms with Gasteiger partial charge in [0.2, 0.25) is 0 Å². The molecule has 2 aliphatic heterocycles. The van der Waals surface area contributed by atoms with Crippen molar-refractivity contribution in [2.24, 2.45) is 5.92 Å². The normalized spacial score (nSPS) is 20.5. The first kappa shape index (κ1) is 21.1. The molecule has 2 N–H and O–H groups in total. The average Bonchev–Trinajstić information content (AvgIpc) is 3.23. The number of piperazine rings is 1. The predicted molar refractivity (Wildman–Crippen MR) is 117 cm³/mol. The summed E-state index contributed by atoms with van der Waals surface area (Å²) < 4.78 is 0. The molecule has 0 atom stereocenters. The second kappa shape index (κ2) is 8.93. The first-order valence-electron chi connectivity index (χ1n) is 11.8. The van der Waals surface area contributed by atoms with Crippen LogP contribution >= 0.6 is 0 Å². The van der Waals surface area contributed by atoms with Gasteiger partial charge in [-0.05, 0) is 49.1 Å². The largest absolute Gasteiger partial charge is 0.338 e. The molecule has 3 aliphatic rings. The number of H-pyrrole nitrogens is 1. The van der Waals surface area contributed by atoms with Crippen molar-refractivity contribution in [3.63, 3.8) is 0 Å². The number of nitrogens with zero attached hydrogens (tertiary/aromatic N) is 3. The van der Waals surface area contributed by atoms with Gasteiger partial charge in [0, 0.05) is 19.0 Å². The minimum absolute atomic E-state index is 0.314. The molecule has 2 saturated heterocycles. The quantitative estimate of drug-likeness (QED) is 0.802. The lowest BCUT2D eigenvalue weighted by Crippen LogP contribution is -3.16. The Morgan fingerprint density at radius 3 is 2.47 bits per heavy atom. The van der Waals surface area contributed by atoms with E-state index in [-0.39, 0.29) is 0 Å². The highest BCUT2D eigenvalue weighted by Crippen LogP contribution is 2.33. The van der Waals surface area contributed by atoms with E-state index in [0.29, 0.717) is 18.4 Å². The number of carbonyl (C=O) groups excluding carboxylic acids is 1. The number of hydrogen-bond acceptors (Lipinski definition) is 3. The van der Waals surface area contributed by atoms with Gasteiger partial charge in [-0.15, -0.1) is 0 Å². The van der Waals surface area contributed by atoms with Gasteiger partial charge in [0.25, 0.3) is 11.7 Å². The van der Waals surface area contributed by atoms with Gasteiger partial charge in [-0.1, -0.05) is 20.8 Å². The van der Waals surface area contributed by atoms with Crippen LogP contribution in [0.3, 0.4) is 0 Å². The lowest BCUT2D eigenvalue weighted by atomic mass is 9.97.